The second kappa shape index (κ2) is 5.83. The molecular formula is C10H10O3. The van der Waals surface area contributed by atoms with Crippen molar-refractivity contribution in [3.05, 3.63) is 34.9 Å². The normalized spacial score (nSPS) is 8.08. The molecule has 0 heterocycles. The van der Waals surface area contributed by atoms with Crippen molar-refractivity contribution in [3.8, 4) is 0 Å². The van der Waals surface area contributed by atoms with Gasteiger partial charge in [-0.15, -0.1) is 0 Å². The molecule has 0 spiro atoms. The molecule has 0 aliphatic heterocycles. The summed E-state index contributed by atoms with van der Waals surface area (Å²) in [6, 6.07) is 5.03. The summed E-state index contributed by atoms with van der Waals surface area (Å²) in [5.74, 6) is 0. The molecule has 68 valence electrons. The maximum absolute atomic E-state index is 10.3. The Morgan fingerprint density at radius 1 is 1.00 bits per heavy atom. The molecule has 3 heteroatoms. The van der Waals surface area contributed by atoms with E-state index in [1.807, 2.05) is 13.7 Å². The van der Waals surface area contributed by atoms with Crippen molar-refractivity contribution in [2.45, 2.75) is 6.92 Å². The Hall–Kier alpha value is -1.77. The lowest BCUT2D eigenvalue weighted by atomic mass is 10.1. The highest BCUT2D eigenvalue weighted by Crippen LogP contribution is 2.05. The van der Waals surface area contributed by atoms with Crippen molar-refractivity contribution in [1.29, 1.82) is 0 Å². The van der Waals surface area contributed by atoms with Crippen LogP contribution in [-0.2, 0) is 4.79 Å². The van der Waals surface area contributed by atoms with Crippen LogP contribution in [0.3, 0.4) is 0 Å². The molecule has 13 heavy (non-hydrogen) atoms. The van der Waals surface area contributed by atoms with Crippen molar-refractivity contribution < 1.29 is 14.4 Å². The van der Waals surface area contributed by atoms with E-state index in [9.17, 15) is 9.59 Å². The van der Waals surface area contributed by atoms with Crippen LogP contribution < -0.4 is 0 Å². The maximum atomic E-state index is 10.3. The van der Waals surface area contributed by atoms with Gasteiger partial charge in [-0.2, -0.15) is 0 Å². The quantitative estimate of drug-likeness (QED) is 0.644. The van der Waals surface area contributed by atoms with E-state index in [4.69, 9.17) is 4.79 Å². The molecule has 0 atom stereocenters. The third-order valence-corrected chi connectivity index (χ3v) is 1.39. The first-order valence-corrected chi connectivity index (χ1v) is 3.57. The Bertz CT molecular complexity index is 279. The second-order valence-electron chi connectivity index (χ2n) is 2.41. The highest BCUT2D eigenvalue weighted by atomic mass is 16.1. The Morgan fingerprint density at radius 2 is 1.38 bits per heavy atom. The molecule has 0 aliphatic rings. The topological polar surface area (TPSA) is 51.2 Å². The third kappa shape index (κ3) is 3.42. The van der Waals surface area contributed by atoms with Gasteiger partial charge in [0.15, 0.2) is 0 Å². The Balaban J connectivity index is 0.000000671. The summed E-state index contributed by atoms with van der Waals surface area (Å²) in [5.41, 5.74) is 2.02. The van der Waals surface area contributed by atoms with Gasteiger partial charge < -0.3 is 4.79 Å². The van der Waals surface area contributed by atoms with Crippen LogP contribution >= 0.6 is 0 Å². The van der Waals surface area contributed by atoms with E-state index in [0.717, 1.165) is 18.1 Å². The molecule has 3 nitrogen and oxygen atoms in total. The van der Waals surface area contributed by atoms with E-state index in [-0.39, 0.29) is 0 Å². The van der Waals surface area contributed by atoms with Crippen molar-refractivity contribution in [2.75, 3.05) is 0 Å². The van der Waals surface area contributed by atoms with Crippen molar-refractivity contribution in [1.82, 2.24) is 0 Å². The van der Waals surface area contributed by atoms with E-state index < -0.39 is 0 Å². The van der Waals surface area contributed by atoms with Crippen LogP contribution in [0.1, 0.15) is 26.3 Å². The largest absolute Gasteiger partial charge is 0.307 e. The smallest absolute Gasteiger partial charge is 0.150 e. The average Bonchev–Trinajstić information content (AvgIpc) is 2.20. The zero-order valence-electron chi connectivity index (χ0n) is 7.32. The molecule has 0 unspecified atom stereocenters. The van der Waals surface area contributed by atoms with Crippen molar-refractivity contribution >= 4 is 19.4 Å². The van der Waals surface area contributed by atoms with Gasteiger partial charge in [-0.25, -0.2) is 0 Å². The standard InChI is InChI=1S/C9H8O2.CH2O/c1-7-2-8(5-10)4-9(3-7)6-11;1-2/h2-6H,1H3;1H2. The van der Waals surface area contributed by atoms with Gasteiger partial charge in [0.25, 0.3) is 0 Å². The molecule has 0 saturated heterocycles. The molecule has 0 aliphatic carbocycles. The predicted molar refractivity (Wildman–Crippen MR) is 49.1 cm³/mol. The van der Waals surface area contributed by atoms with Gasteiger partial charge in [0.05, 0.1) is 0 Å². The van der Waals surface area contributed by atoms with Crippen LogP contribution in [0.2, 0.25) is 0 Å². The number of carbonyl (C=O) groups excluding carboxylic acids is 3. The molecule has 0 N–H and O–H groups in total. The Kier molecular flexibility index (Phi) is 5.03. The molecule has 0 bridgehead atoms. The highest BCUT2D eigenvalue weighted by Gasteiger charge is 1.95. The minimum absolute atomic E-state index is 0.548. The summed E-state index contributed by atoms with van der Waals surface area (Å²) in [4.78, 5) is 28.6. The van der Waals surface area contributed by atoms with E-state index >= 15 is 0 Å². The fourth-order valence-electron chi connectivity index (χ4n) is 0.979. The van der Waals surface area contributed by atoms with E-state index in [1.54, 1.807) is 18.2 Å². The van der Waals surface area contributed by atoms with Gasteiger partial charge in [-0.1, -0.05) is 0 Å². The number of hydrogen-bond acceptors (Lipinski definition) is 3. The van der Waals surface area contributed by atoms with Gasteiger partial charge in [0.1, 0.15) is 19.4 Å². The molecule has 0 amide bonds. The number of hydrogen-bond donors (Lipinski definition) is 0. The van der Waals surface area contributed by atoms with Crippen LogP contribution in [-0.4, -0.2) is 19.4 Å². The molecule has 1 aromatic rings. The molecule has 0 saturated carbocycles. The summed E-state index contributed by atoms with van der Waals surface area (Å²) in [6.07, 6.45) is 1.47. The fourth-order valence-corrected chi connectivity index (χ4v) is 0.979. The highest BCUT2D eigenvalue weighted by molar-refractivity contribution is 5.82. The SMILES string of the molecule is C=O.Cc1cc(C=O)cc(C=O)c1. The first-order chi connectivity index (χ1) is 6.26. The summed E-state index contributed by atoms with van der Waals surface area (Å²) in [6.45, 7) is 3.85. The summed E-state index contributed by atoms with van der Waals surface area (Å²) >= 11 is 0. The molecule has 1 rings (SSSR count). The van der Waals surface area contributed by atoms with Crippen molar-refractivity contribution in [3.63, 3.8) is 0 Å². The van der Waals surface area contributed by atoms with Gasteiger partial charge >= 0.3 is 0 Å². The molecule has 0 fully saturated rings. The minimum Gasteiger partial charge on any atom is -0.307 e. The van der Waals surface area contributed by atoms with Crippen LogP contribution in [0.25, 0.3) is 0 Å². The van der Waals surface area contributed by atoms with Crippen molar-refractivity contribution in [2.24, 2.45) is 0 Å². The van der Waals surface area contributed by atoms with Crippen LogP contribution in [0, 0.1) is 6.92 Å². The molecular weight excluding hydrogens is 168 g/mol. The van der Waals surface area contributed by atoms with E-state index in [0.29, 0.717) is 11.1 Å². The fraction of sp³-hybridized carbons (Fsp3) is 0.100. The first-order valence-electron chi connectivity index (χ1n) is 3.57. The molecule has 0 aromatic heterocycles. The van der Waals surface area contributed by atoms with Gasteiger partial charge in [0.2, 0.25) is 0 Å². The van der Waals surface area contributed by atoms with Gasteiger partial charge in [-0.05, 0) is 30.7 Å². The lowest BCUT2D eigenvalue weighted by Gasteiger charge is -1.95. The third-order valence-electron chi connectivity index (χ3n) is 1.39. The zero-order valence-corrected chi connectivity index (χ0v) is 7.32. The van der Waals surface area contributed by atoms with Crippen LogP contribution in [0.4, 0.5) is 0 Å². The van der Waals surface area contributed by atoms with Gasteiger partial charge in [-0.3, -0.25) is 9.59 Å². The van der Waals surface area contributed by atoms with Crippen LogP contribution in [0.5, 0.6) is 0 Å². The lowest BCUT2D eigenvalue weighted by Crippen LogP contribution is -1.86. The average molecular weight is 178 g/mol. The Labute approximate surface area is 76.4 Å². The molecule has 0 radical (unpaired) electrons. The Morgan fingerprint density at radius 3 is 1.69 bits per heavy atom. The minimum atomic E-state index is 0.548. The molecule has 1 aromatic carbocycles. The summed E-state index contributed by atoms with van der Waals surface area (Å²) in [7, 11) is 0. The monoisotopic (exact) mass is 178 g/mol. The number of aldehydes is 2. The zero-order chi connectivity index (χ0) is 10.3. The second-order valence-corrected chi connectivity index (χ2v) is 2.41. The number of carbonyl (C=O) groups is 3. The van der Waals surface area contributed by atoms with Crippen LogP contribution in [0.15, 0.2) is 18.2 Å². The number of benzene rings is 1. The summed E-state index contributed by atoms with van der Waals surface area (Å²) in [5, 5.41) is 0. The van der Waals surface area contributed by atoms with Gasteiger partial charge in [0, 0.05) is 11.1 Å². The number of aryl methyl sites for hydroxylation is 1. The summed E-state index contributed by atoms with van der Waals surface area (Å²) < 4.78 is 0. The van der Waals surface area contributed by atoms with E-state index in [2.05, 4.69) is 0 Å². The lowest BCUT2D eigenvalue weighted by molar-refractivity contribution is -0.0980. The maximum Gasteiger partial charge on any atom is 0.150 e. The first kappa shape index (κ1) is 11.2. The number of rotatable bonds is 2. The predicted octanol–water partition coefficient (Wildman–Crippen LogP) is 1.44. The van der Waals surface area contributed by atoms with E-state index in [1.165, 1.54) is 0 Å².